The minimum atomic E-state index is -3.42. The topological polar surface area (TPSA) is 58.2 Å². The molecule has 0 fully saturated rings. The Labute approximate surface area is 133 Å². The molecule has 2 rings (SSSR count). The lowest BCUT2D eigenvalue weighted by atomic mass is 10.2. The Morgan fingerprint density at radius 2 is 1.90 bits per heavy atom. The molecule has 0 aliphatic rings. The Hall–Kier alpha value is -1.37. The predicted molar refractivity (Wildman–Crippen MR) is 88.9 cm³/mol. The van der Waals surface area contributed by atoms with Crippen LogP contribution in [0.5, 0.6) is 0 Å². The summed E-state index contributed by atoms with van der Waals surface area (Å²) in [7, 11) is -2.02. The summed E-state index contributed by atoms with van der Waals surface area (Å²) < 4.78 is 27.0. The number of hydrogen-bond acceptors (Lipinski definition) is 3. The molecule has 6 heteroatoms. The second-order valence-corrected chi connectivity index (χ2v) is 7.47. The van der Waals surface area contributed by atoms with E-state index in [4.69, 9.17) is 0 Å². The van der Waals surface area contributed by atoms with E-state index in [-0.39, 0.29) is 4.90 Å². The molecule has 0 unspecified atom stereocenters. The number of nitrogens with one attached hydrogen (secondary N) is 2. The van der Waals surface area contributed by atoms with Crippen LogP contribution in [0.15, 0.2) is 51.8 Å². The molecule has 2 aromatic rings. The van der Waals surface area contributed by atoms with Crippen molar-refractivity contribution in [2.75, 3.05) is 12.4 Å². The molecule has 0 bridgehead atoms. The smallest absolute Gasteiger partial charge is 0.240 e. The quantitative estimate of drug-likeness (QED) is 0.851. The SMILES string of the molecule is CNS(=O)(=O)c1ccc(C)c(NCc2cccc(Br)c2)c1. The largest absolute Gasteiger partial charge is 0.381 e. The van der Waals surface area contributed by atoms with Crippen LogP contribution in [0, 0.1) is 6.92 Å². The highest BCUT2D eigenvalue weighted by Gasteiger charge is 2.12. The molecule has 21 heavy (non-hydrogen) atoms. The zero-order valence-corrected chi connectivity index (χ0v) is 14.3. The monoisotopic (exact) mass is 368 g/mol. The van der Waals surface area contributed by atoms with Crippen LogP contribution in [0.1, 0.15) is 11.1 Å². The average molecular weight is 369 g/mol. The van der Waals surface area contributed by atoms with Crippen LogP contribution in [0.3, 0.4) is 0 Å². The van der Waals surface area contributed by atoms with Crippen LogP contribution in [-0.2, 0) is 16.6 Å². The molecule has 112 valence electrons. The molecule has 0 atom stereocenters. The number of rotatable bonds is 5. The standard InChI is InChI=1S/C15H17BrN2O2S/c1-11-6-7-14(21(19,20)17-2)9-15(11)18-10-12-4-3-5-13(16)8-12/h3-9,17-18H,10H2,1-2H3. The molecule has 0 heterocycles. The molecule has 2 N–H and O–H groups in total. The van der Waals surface area contributed by atoms with Gasteiger partial charge in [-0.25, -0.2) is 13.1 Å². The molecule has 0 spiro atoms. The van der Waals surface area contributed by atoms with E-state index in [0.717, 1.165) is 21.3 Å². The van der Waals surface area contributed by atoms with Crippen LogP contribution >= 0.6 is 15.9 Å². The summed E-state index contributed by atoms with van der Waals surface area (Å²) in [5, 5.41) is 3.28. The van der Waals surface area contributed by atoms with Gasteiger partial charge >= 0.3 is 0 Å². The number of anilines is 1. The Morgan fingerprint density at radius 3 is 2.57 bits per heavy atom. The Bertz CT molecular complexity index is 745. The first-order valence-electron chi connectivity index (χ1n) is 6.45. The Balaban J connectivity index is 2.22. The van der Waals surface area contributed by atoms with Gasteiger partial charge in [0.15, 0.2) is 0 Å². The maximum Gasteiger partial charge on any atom is 0.240 e. The van der Waals surface area contributed by atoms with E-state index in [1.165, 1.54) is 7.05 Å². The molecule has 0 aliphatic carbocycles. The van der Waals surface area contributed by atoms with Gasteiger partial charge in [-0.05, 0) is 49.4 Å². The van der Waals surface area contributed by atoms with Crippen molar-refractivity contribution >= 4 is 31.6 Å². The molecular formula is C15H17BrN2O2S. The zero-order valence-electron chi connectivity index (χ0n) is 11.9. The van der Waals surface area contributed by atoms with E-state index in [0.29, 0.717) is 6.54 Å². The van der Waals surface area contributed by atoms with Gasteiger partial charge in [0.2, 0.25) is 10.0 Å². The van der Waals surface area contributed by atoms with Crippen LogP contribution < -0.4 is 10.0 Å². The van der Waals surface area contributed by atoms with Gasteiger partial charge in [0.25, 0.3) is 0 Å². The van der Waals surface area contributed by atoms with E-state index in [9.17, 15) is 8.42 Å². The third-order valence-corrected chi connectivity index (χ3v) is 5.07. The third-order valence-electron chi connectivity index (χ3n) is 3.16. The molecular weight excluding hydrogens is 352 g/mol. The minimum absolute atomic E-state index is 0.257. The highest BCUT2D eigenvalue weighted by atomic mass is 79.9. The normalized spacial score (nSPS) is 11.4. The highest BCUT2D eigenvalue weighted by Crippen LogP contribution is 2.21. The van der Waals surface area contributed by atoms with Gasteiger partial charge in [-0.2, -0.15) is 0 Å². The second-order valence-electron chi connectivity index (χ2n) is 4.67. The fourth-order valence-electron chi connectivity index (χ4n) is 1.92. The van der Waals surface area contributed by atoms with Gasteiger partial charge in [0, 0.05) is 16.7 Å². The van der Waals surface area contributed by atoms with Crippen LogP contribution in [0.4, 0.5) is 5.69 Å². The number of aryl methyl sites for hydroxylation is 1. The van der Waals surface area contributed by atoms with Crippen molar-refractivity contribution in [2.45, 2.75) is 18.4 Å². The molecule has 0 amide bonds. The summed E-state index contributed by atoms with van der Waals surface area (Å²) in [4.78, 5) is 0.257. The molecule has 0 aromatic heterocycles. The van der Waals surface area contributed by atoms with Gasteiger partial charge in [-0.15, -0.1) is 0 Å². The van der Waals surface area contributed by atoms with Crippen molar-refractivity contribution in [3.8, 4) is 0 Å². The summed E-state index contributed by atoms with van der Waals surface area (Å²) in [5.74, 6) is 0. The third kappa shape index (κ3) is 4.06. The number of benzene rings is 2. The first-order valence-corrected chi connectivity index (χ1v) is 8.72. The lowest BCUT2D eigenvalue weighted by Gasteiger charge is -2.12. The lowest BCUT2D eigenvalue weighted by molar-refractivity contribution is 0.588. The molecule has 0 saturated heterocycles. The van der Waals surface area contributed by atoms with Crippen LogP contribution in [0.25, 0.3) is 0 Å². The van der Waals surface area contributed by atoms with E-state index in [1.807, 2.05) is 31.2 Å². The molecule has 2 aromatic carbocycles. The summed E-state index contributed by atoms with van der Waals surface area (Å²) in [6.07, 6.45) is 0. The minimum Gasteiger partial charge on any atom is -0.381 e. The summed E-state index contributed by atoms with van der Waals surface area (Å²) >= 11 is 3.43. The summed E-state index contributed by atoms with van der Waals surface area (Å²) in [5.41, 5.74) is 2.93. The second kappa shape index (κ2) is 6.60. The first-order chi connectivity index (χ1) is 9.92. The average Bonchev–Trinajstić information content (AvgIpc) is 2.46. The molecule has 0 saturated carbocycles. The van der Waals surface area contributed by atoms with E-state index in [1.54, 1.807) is 18.2 Å². The molecule has 4 nitrogen and oxygen atoms in total. The number of sulfonamides is 1. The van der Waals surface area contributed by atoms with Crippen LogP contribution in [0.2, 0.25) is 0 Å². The molecule has 0 radical (unpaired) electrons. The first kappa shape index (κ1) is 16.0. The number of hydrogen-bond donors (Lipinski definition) is 2. The summed E-state index contributed by atoms with van der Waals surface area (Å²) in [6.45, 7) is 2.57. The highest BCUT2D eigenvalue weighted by molar-refractivity contribution is 9.10. The van der Waals surface area contributed by atoms with E-state index in [2.05, 4.69) is 26.0 Å². The van der Waals surface area contributed by atoms with Crippen LogP contribution in [-0.4, -0.2) is 15.5 Å². The van der Waals surface area contributed by atoms with Gasteiger partial charge in [-0.1, -0.05) is 34.1 Å². The zero-order chi connectivity index (χ0) is 15.5. The Kier molecular flexibility index (Phi) is 5.03. The Morgan fingerprint density at radius 1 is 1.14 bits per heavy atom. The van der Waals surface area contributed by atoms with Gasteiger partial charge in [-0.3, -0.25) is 0 Å². The van der Waals surface area contributed by atoms with Crippen molar-refractivity contribution in [2.24, 2.45) is 0 Å². The van der Waals surface area contributed by atoms with Gasteiger partial charge in [0.05, 0.1) is 4.90 Å². The van der Waals surface area contributed by atoms with Gasteiger partial charge < -0.3 is 5.32 Å². The van der Waals surface area contributed by atoms with E-state index < -0.39 is 10.0 Å². The fraction of sp³-hybridized carbons (Fsp3) is 0.200. The van der Waals surface area contributed by atoms with Crippen molar-refractivity contribution in [3.63, 3.8) is 0 Å². The number of halogens is 1. The van der Waals surface area contributed by atoms with Crippen molar-refractivity contribution < 1.29 is 8.42 Å². The van der Waals surface area contributed by atoms with Crippen molar-refractivity contribution in [3.05, 3.63) is 58.1 Å². The molecule has 0 aliphatic heterocycles. The summed E-state index contributed by atoms with van der Waals surface area (Å²) in [6, 6.07) is 13.0. The fourth-order valence-corrected chi connectivity index (χ4v) is 3.12. The lowest BCUT2D eigenvalue weighted by Crippen LogP contribution is -2.18. The van der Waals surface area contributed by atoms with Gasteiger partial charge in [0.1, 0.15) is 0 Å². The van der Waals surface area contributed by atoms with E-state index >= 15 is 0 Å². The van der Waals surface area contributed by atoms with Crippen molar-refractivity contribution in [1.29, 1.82) is 0 Å². The van der Waals surface area contributed by atoms with Crippen molar-refractivity contribution in [1.82, 2.24) is 4.72 Å². The predicted octanol–water partition coefficient (Wildman–Crippen LogP) is 3.28. The maximum absolute atomic E-state index is 11.8. The maximum atomic E-state index is 11.8.